The molecule has 0 spiro atoms. The Kier molecular flexibility index (Phi) is 3.66. The number of aromatic hydroxyl groups is 1. The summed E-state index contributed by atoms with van der Waals surface area (Å²) in [6, 6.07) is 3.65. The zero-order chi connectivity index (χ0) is 17.5. The van der Waals surface area contributed by atoms with Crippen LogP contribution in [0.2, 0.25) is 0 Å². The number of rotatable bonds is 3. The van der Waals surface area contributed by atoms with Crippen LogP contribution in [-0.2, 0) is 0 Å². The molecular formula is C14H11F3N4O3. The van der Waals surface area contributed by atoms with Crippen LogP contribution in [-0.4, -0.2) is 38.7 Å². The first-order chi connectivity index (χ1) is 11.3. The van der Waals surface area contributed by atoms with E-state index in [-0.39, 0.29) is 22.8 Å². The first kappa shape index (κ1) is 15.8. The molecule has 0 radical (unpaired) electrons. The Hall–Kier alpha value is -3.04. The summed E-state index contributed by atoms with van der Waals surface area (Å²) < 4.78 is 46.0. The fourth-order valence-corrected chi connectivity index (χ4v) is 2.23. The summed E-state index contributed by atoms with van der Waals surface area (Å²) in [7, 11) is 1.32. The van der Waals surface area contributed by atoms with Gasteiger partial charge < -0.3 is 14.6 Å². The lowest BCUT2D eigenvalue weighted by Crippen LogP contribution is -2.17. The van der Waals surface area contributed by atoms with Gasteiger partial charge in [-0.25, -0.2) is 9.97 Å². The predicted molar refractivity (Wildman–Crippen MR) is 76.8 cm³/mol. The molecule has 7 nitrogen and oxygen atoms in total. The van der Waals surface area contributed by atoms with Crippen LogP contribution in [0.5, 0.6) is 17.4 Å². The smallest absolute Gasteiger partial charge is 0.496 e. The second-order valence-electron chi connectivity index (χ2n) is 4.81. The van der Waals surface area contributed by atoms with Gasteiger partial charge in [-0.05, 0) is 19.1 Å². The molecule has 2 heterocycles. The van der Waals surface area contributed by atoms with Gasteiger partial charge in [-0.15, -0.1) is 18.3 Å². The van der Waals surface area contributed by atoms with Crippen LogP contribution in [0.25, 0.3) is 22.4 Å². The van der Waals surface area contributed by atoms with Crippen LogP contribution in [0.4, 0.5) is 13.2 Å². The third-order valence-corrected chi connectivity index (χ3v) is 3.21. The Bertz CT molecular complexity index is 908. The number of fused-ring (bicyclic) bond motifs is 1. The van der Waals surface area contributed by atoms with E-state index >= 15 is 0 Å². The molecule has 0 fully saturated rings. The van der Waals surface area contributed by atoms with Crippen molar-refractivity contribution in [1.29, 1.82) is 0 Å². The van der Waals surface area contributed by atoms with Gasteiger partial charge >= 0.3 is 6.36 Å². The molecule has 0 saturated carbocycles. The van der Waals surface area contributed by atoms with Crippen LogP contribution < -0.4 is 9.47 Å². The van der Waals surface area contributed by atoms with Gasteiger partial charge in [-0.3, -0.25) is 5.10 Å². The molecule has 0 saturated heterocycles. The second-order valence-corrected chi connectivity index (χ2v) is 4.81. The van der Waals surface area contributed by atoms with Crippen molar-refractivity contribution in [3.63, 3.8) is 0 Å². The number of benzene rings is 1. The molecule has 0 aliphatic rings. The van der Waals surface area contributed by atoms with E-state index in [1.165, 1.54) is 13.2 Å². The molecule has 0 atom stereocenters. The van der Waals surface area contributed by atoms with Crippen molar-refractivity contribution < 1.29 is 27.8 Å². The number of ether oxygens (including phenoxy) is 2. The van der Waals surface area contributed by atoms with E-state index in [0.717, 1.165) is 12.1 Å². The molecule has 2 aromatic heterocycles. The van der Waals surface area contributed by atoms with Crippen molar-refractivity contribution in [1.82, 2.24) is 20.2 Å². The first-order valence-corrected chi connectivity index (χ1v) is 6.64. The number of halogens is 3. The van der Waals surface area contributed by atoms with Crippen molar-refractivity contribution in [3.05, 3.63) is 23.9 Å². The van der Waals surface area contributed by atoms with Gasteiger partial charge in [0.25, 0.3) is 5.88 Å². The lowest BCUT2D eigenvalue weighted by molar-refractivity contribution is -0.274. The number of nitrogens with zero attached hydrogens (tertiary/aromatic N) is 3. The molecule has 2 N–H and O–H groups in total. The predicted octanol–water partition coefficient (Wildman–Crippen LogP) is 2.94. The summed E-state index contributed by atoms with van der Waals surface area (Å²) in [5.41, 5.74) is 1.69. The van der Waals surface area contributed by atoms with E-state index in [2.05, 4.69) is 24.9 Å². The molecule has 0 amide bonds. The molecule has 126 valence electrons. The van der Waals surface area contributed by atoms with Crippen LogP contribution >= 0.6 is 0 Å². The molecule has 0 aliphatic heterocycles. The van der Waals surface area contributed by atoms with Gasteiger partial charge in [0.2, 0.25) is 0 Å². The maximum atomic E-state index is 12.3. The van der Waals surface area contributed by atoms with Gasteiger partial charge in [0.05, 0.1) is 18.5 Å². The zero-order valence-corrected chi connectivity index (χ0v) is 12.5. The number of hydrogen-bond acceptors (Lipinski definition) is 6. The maximum absolute atomic E-state index is 12.3. The summed E-state index contributed by atoms with van der Waals surface area (Å²) in [5.74, 6) is -0.556. The van der Waals surface area contributed by atoms with Crippen molar-refractivity contribution in [2.75, 3.05) is 7.11 Å². The van der Waals surface area contributed by atoms with Crippen LogP contribution in [0, 0.1) is 6.92 Å². The average Bonchev–Trinajstić information content (AvgIpc) is 2.85. The van der Waals surface area contributed by atoms with E-state index in [9.17, 15) is 18.3 Å². The second kappa shape index (κ2) is 5.55. The minimum atomic E-state index is -4.80. The third-order valence-electron chi connectivity index (χ3n) is 3.21. The standard InChI is InChI=1S/C14H11F3N4O3/c1-6-10(19-12-11(18-6)13(22)21-20-12)8-4-3-7(5-9(8)23-2)24-14(15,16)17/h3-5H,1-2H3,(H2,19,20,21,22). The quantitative estimate of drug-likeness (QED) is 0.761. The van der Waals surface area contributed by atoms with Gasteiger partial charge in [-0.2, -0.15) is 0 Å². The number of aryl methyl sites for hydroxylation is 1. The Morgan fingerprint density at radius 1 is 1.21 bits per heavy atom. The fraction of sp³-hybridized carbons (Fsp3) is 0.214. The van der Waals surface area contributed by atoms with Crippen molar-refractivity contribution in [3.8, 4) is 28.6 Å². The summed E-state index contributed by atoms with van der Waals surface area (Å²) in [5, 5.41) is 15.7. The zero-order valence-electron chi connectivity index (χ0n) is 12.5. The topological polar surface area (TPSA) is 93.2 Å². The summed E-state index contributed by atoms with van der Waals surface area (Å²) >= 11 is 0. The van der Waals surface area contributed by atoms with Crippen LogP contribution in [0.15, 0.2) is 18.2 Å². The van der Waals surface area contributed by atoms with Crippen molar-refractivity contribution >= 4 is 11.2 Å². The highest BCUT2D eigenvalue weighted by molar-refractivity contribution is 5.80. The maximum Gasteiger partial charge on any atom is 0.573 e. The average molecular weight is 340 g/mol. The number of nitrogens with one attached hydrogen (secondary N) is 1. The molecule has 3 aromatic rings. The van der Waals surface area contributed by atoms with E-state index in [4.69, 9.17) is 4.74 Å². The van der Waals surface area contributed by atoms with E-state index in [1.807, 2.05) is 0 Å². The molecule has 0 unspecified atom stereocenters. The summed E-state index contributed by atoms with van der Waals surface area (Å²) in [4.78, 5) is 8.49. The van der Waals surface area contributed by atoms with Crippen LogP contribution in [0.3, 0.4) is 0 Å². The van der Waals surface area contributed by atoms with E-state index in [1.54, 1.807) is 6.92 Å². The molecule has 3 rings (SSSR count). The Balaban J connectivity index is 2.10. The molecule has 1 aromatic carbocycles. The first-order valence-electron chi connectivity index (χ1n) is 6.64. The van der Waals surface area contributed by atoms with E-state index < -0.39 is 12.1 Å². The number of aromatic nitrogens is 4. The third kappa shape index (κ3) is 2.90. The number of alkyl halides is 3. The number of aromatic amines is 1. The monoisotopic (exact) mass is 340 g/mol. The highest BCUT2D eigenvalue weighted by Gasteiger charge is 2.31. The van der Waals surface area contributed by atoms with Crippen molar-refractivity contribution in [2.24, 2.45) is 0 Å². The minimum absolute atomic E-state index is 0.136. The molecular weight excluding hydrogens is 329 g/mol. The fourth-order valence-electron chi connectivity index (χ4n) is 2.23. The summed E-state index contributed by atoms with van der Waals surface area (Å²) in [6.45, 7) is 1.65. The Morgan fingerprint density at radius 2 is 1.96 bits per heavy atom. The van der Waals surface area contributed by atoms with Crippen LogP contribution in [0.1, 0.15) is 5.69 Å². The molecule has 24 heavy (non-hydrogen) atoms. The highest BCUT2D eigenvalue weighted by atomic mass is 19.4. The number of H-pyrrole nitrogens is 1. The Morgan fingerprint density at radius 3 is 2.62 bits per heavy atom. The number of hydrogen-bond donors (Lipinski definition) is 2. The largest absolute Gasteiger partial charge is 0.573 e. The Labute approximate surface area is 133 Å². The lowest BCUT2D eigenvalue weighted by Gasteiger charge is -2.13. The van der Waals surface area contributed by atoms with Gasteiger partial charge in [0, 0.05) is 11.6 Å². The molecule has 10 heteroatoms. The number of methoxy groups -OCH3 is 1. The SMILES string of the molecule is COc1cc(OC(F)(F)F)ccc1-c1nc2[nH]nc(O)c2nc1C. The van der Waals surface area contributed by atoms with Crippen molar-refractivity contribution in [2.45, 2.75) is 13.3 Å². The molecule has 0 bridgehead atoms. The summed E-state index contributed by atoms with van der Waals surface area (Å²) in [6.07, 6.45) is -4.80. The lowest BCUT2D eigenvalue weighted by atomic mass is 10.1. The highest BCUT2D eigenvalue weighted by Crippen LogP contribution is 2.36. The van der Waals surface area contributed by atoms with Gasteiger partial charge in [0.1, 0.15) is 11.5 Å². The van der Waals surface area contributed by atoms with Gasteiger partial charge in [-0.1, -0.05) is 0 Å². The van der Waals surface area contributed by atoms with Gasteiger partial charge in [0.15, 0.2) is 11.2 Å². The normalized spacial score (nSPS) is 11.7. The molecule has 0 aliphatic carbocycles. The van der Waals surface area contributed by atoms with E-state index in [0.29, 0.717) is 17.0 Å². The minimum Gasteiger partial charge on any atom is -0.496 e.